The first-order valence-electron chi connectivity index (χ1n) is 6.62. The Balaban J connectivity index is 0.00000176. The molecule has 1 fully saturated rings. The van der Waals surface area contributed by atoms with Crippen LogP contribution in [0.1, 0.15) is 22.0 Å². The first-order chi connectivity index (χ1) is 10.1. The maximum Gasteiger partial charge on any atom is 0.251 e. The molecule has 2 aromatic rings. The lowest BCUT2D eigenvalue weighted by Gasteiger charge is -2.24. The van der Waals surface area contributed by atoms with Crippen LogP contribution in [0.2, 0.25) is 0 Å². The Morgan fingerprint density at radius 3 is 2.91 bits per heavy atom. The van der Waals surface area contributed by atoms with E-state index in [4.69, 9.17) is 10.5 Å². The first-order valence-corrected chi connectivity index (χ1v) is 6.62. The summed E-state index contributed by atoms with van der Waals surface area (Å²) in [7, 11) is 0. The molecule has 2 heterocycles. The monoisotopic (exact) mass is 326 g/mol. The number of morpholine rings is 1. The third-order valence-electron chi connectivity index (χ3n) is 3.39. The average Bonchev–Trinajstić information content (AvgIpc) is 2.98. The molecule has 0 radical (unpaired) electrons. The summed E-state index contributed by atoms with van der Waals surface area (Å²) in [5, 5.41) is 7.16. The molecule has 1 atom stereocenters. The number of aromatic nitrogens is 2. The van der Waals surface area contributed by atoms with Crippen LogP contribution >= 0.6 is 12.4 Å². The number of nitrogens with zero attached hydrogens (tertiary/aromatic N) is 2. The Morgan fingerprint density at radius 1 is 1.50 bits per heavy atom. The zero-order chi connectivity index (χ0) is 14.8. The summed E-state index contributed by atoms with van der Waals surface area (Å²) in [6, 6.07) is 4.77. The molecule has 1 aliphatic heterocycles. The molecule has 1 saturated heterocycles. The van der Waals surface area contributed by atoms with Crippen molar-refractivity contribution < 1.29 is 13.9 Å². The molecular weight excluding hydrogens is 311 g/mol. The summed E-state index contributed by atoms with van der Waals surface area (Å²) in [6.07, 6.45) is 2.53. The zero-order valence-corrected chi connectivity index (χ0v) is 12.5. The topological polar surface area (TPSA) is 82.2 Å². The van der Waals surface area contributed by atoms with E-state index in [1.807, 2.05) is 0 Å². The van der Waals surface area contributed by atoms with Gasteiger partial charge in [0.05, 0.1) is 30.2 Å². The minimum absolute atomic E-state index is 0. The largest absolute Gasteiger partial charge is 0.371 e. The normalized spacial score (nSPS) is 17.8. The van der Waals surface area contributed by atoms with E-state index < -0.39 is 5.91 Å². The van der Waals surface area contributed by atoms with Crippen LogP contribution < -0.4 is 11.1 Å². The smallest absolute Gasteiger partial charge is 0.251 e. The number of carbonyl (C=O) groups excluding carboxylic acids is 1. The van der Waals surface area contributed by atoms with Gasteiger partial charge in [-0.3, -0.25) is 4.79 Å². The number of ether oxygens (including phenoxy) is 1. The average molecular weight is 327 g/mol. The van der Waals surface area contributed by atoms with E-state index in [1.165, 1.54) is 23.1 Å². The van der Waals surface area contributed by atoms with Crippen LogP contribution in [0.25, 0.3) is 5.69 Å². The van der Waals surface area contributed by atoms with Gasteiger partial charge < -0.3 is 15.8 Å². The number of nitrogens with one attached hydrogen (secondary N) is 1. The van der Waals surface area contributed by atoms with Gasteiger partial charge in [-0.1, -0.05) is 6.07 Å². The Bertz CT molecular complexity index is 671. The van der Waals surface area contributed by atoms with Gasteiger partial charge in [0, 0.05) is 24.8 Å². The Morgan fingerprint density at radius 2 is 2.32 bits per heavy atom. The lowest BCUT2D eigenvalue weighted by molar-refractivity contribution is 0.0255. The maximum atomic E-state index is 14.2. The van der Waals surface area contributed by atoms with Gasteiger partial charge in [0.25, 0.3) is 5.91 Å². The van der Waals surface area contributed by atoms with Crippen LogP contribution in [0.4, 0.5) is 4.39 Å². The Kier molecular flexibility index (Phi) is 5.12. The molecule has 0 saturated carbocycles. The van der Waals surface area contributed by atoms with E-state index in [9.17, 15) is 9.18 Å². The second kappa shape index (κ2) is 6.87. The number of amides is 1. The number of carbonyl (C=O) groups is 1. The Hall–Kier alpha value is -1.96. The van der Waals surface area contributed by atoms with Crippen molar-refractivity contribution in [2.45, 2.75) is 6.10 Å². The highest BCUT2D eigenvalue weighted by molar-refractivity contribution is 5.92. The van der Waals surface area contributed by atoms with Gasteiger partial charge in [-0.05, 0) is 12.1 Å². The molecule has 1 unspecified atom stereocenters. The van der Waals surface area contributed by atoms with E-state index >= 15 is 0 Å². The summed E-state index contributed by atoms with van der Waals surface area (Å²) in [6.45, 7) is 1.93. The van der Waals surface area contributed by atoms with Crippen LogP contribution in [-0.2, 0) is 4.74 Å². The predicted molar refractivity (Wildman–Crippen MR) is 80.9 cm³/mol. The lowest BCUT2D eigenvalue weighted by Crippen LogP contribution is -2.33. The van der Waals surface area contributed by atoms with Crippen molar-refractivity contribution in [3.63, 3.8) is 0 Å². The van der Waals surface area contributed by atoms with E-state index in [-0.39, 0.29) is 29.9 Å². The van der Waals surface area contributed by atoms with Gasteiger partial charge in [-0.2, -0.15) is 5.10 Å². The highest BCUT2D eigenvalue weighted by Crippen LogP contribution is 2.23. The number of hydrogen-bond acceptors (Lipinski definition) is 4. The fourth-order valence-electron chi connectivity index (χ4n) is 2.28. The fraction of sp³-hybridized carbons (Fsp3) is 0.286. The number of rotatable bonds is 3. The molecule has 1 amide bonds. The molecule has 118 valence electrons. The molecular formula is C14H16ClFN4O2. The fourth-order valence-corrected chi connectivity index (χ4v) is 2.28. The number of nitrogens with two attached hydrogens (primary N) is 1. The standard InChI is InChI=1S/C14H15FN4O2.ClH/c15-12-5-10(19-8-9(6-18-19)14(16)20)1-2-11(12)13-7-17-3-4-21-13;/h1-2,5-6,8,13,17H,3-4,7H2,(H2,16,20);1H. The van der Waals surface area contributed by atoms with Crippen LogP contribution in [-0.4, -0.2) is 35.4 Å². The van der Waals surface area contributed by atoms with Gasteiger partial charge in [0.2, 0.25) is 0 Å². The zero-order valence-electron chi connectivity index (χ0n) is 11.7. The molecule has 1 aliphatic rings. The van der Waals surface area contributed by atoms with Gasteiger partial charge >= 0.3 is 0 Å². The highest BCUT2D eigenvalue weighted by Gasteiger charge is 2.19. The van der Waals surface area contributed by atoms with E-state index in [1.54, 1.807) is 12.1 Å². The third-order valence-corrected chi connectivity index (χ3v) is 3.39. The van der Waals surface area contributed by atoms with Crippen LogP contribution in [0.5, 0.6) is 0 Å². The minimum atomic E-state index is -0.569. The van der Waals surface area contributed by atoms with Gasteiger partial charge in [-0.15, -0.1) is 12.4 Å². The summed E-state index contributed by atoms with van der Waals surface area (Å²) in [5.74, 6) is -0.933. The van der Waals surface area contributed by atoms with Crippen molar-refractivity contribution in [2.75, 3.05) is 19.7 Å². The molecule has 6 nitrogen and oxygen atoms in total. The number of primary amides is 1. The molecule has 0 bridgehead atoms. The molecule has 22 heavy (non-hydrogen) atoms. The summed E-state index contributed by atoms with van der Waals surface area (Å²) in [4.78, 5) is 11.0. The quantitative estimate of drug-likeness (QED) is 0.887. The van der Waals surface area contributed by atoms with E-state index in [0.717, 1.165) is 6.54 Å². The van der Waals surface area contributed by atoms with Crippen LogP contribution in [0.15, 0.2) is 30.6 Å². The predicted octanol–water partition coefficient (Wildman–Crippen LogP) is 1.19. The molecule has 8 heteroatoms. The summed E-state index contributed by atoms with van der Waals surface area (Å²) >= 11 is 0. The van der Waals surface area contributed by atoms with Gasteiger partial charge in [-0.25, -0.2) is 9.07 Å². The van der Waals surface area contributed by atoms with Crippen molar-refractivity contribution in [1.82, 2.24) is 15.1 Å². The molecule has 0 aliphatic carbocycles. The Labute approximate surface area is 132 Å². The van der Waals surface area contributed by atoms with Crippen LogP contribution in [0, 0.1) is 5.82 Å². The first kappa shape index (κ1) is 16.4. The number of halogens is 2. The van der Waals surface area contributed by atoms with Crippen molar-refractivity contribution >= 4 is 18.3 Å². The molecule has 3 rings (SSSR count). The van der Waals surface area contributed by atoms with Crippen molar-refractivity contribution in [1.29, 1.82) is 0 Å². The molecule has 1 aromatic carbocycles. The second-order valence-corrected chi connectivity index (χ2v) is 4.81. The van der Waals surface area contributed by atoms with Crippen LogP contribution in [0.3, 0.4) is 0 Å². The molecule has 0 spiro atoms. The van der Waals surface area contributed by atoms with E-state index in [2.05, 4.69) is 10.4 Å². The van der Waals surface area contributed by atoms with E-state index in [0.29, 0.717) is 24.4 Å². The highest BCUT2D eigenvalue weighted by atomic mass is 35.5. The third kappa shape index (κ3) is 3.27. The molecule has 1 aromatic heterocycles. The van der Waals surface area contributed by atoms with Gasteiger partial charge in [0.15, 0.2) is 0 Å². The van der Waals surface area contributed by atoms with Crippen molar-refractivity contribution in [3.05, 3.63) is 47.5 Å². The number of benzene rings is 1. The number of hydrogen-bond donors (Lipinski definition) is 2. The second-order valence-electron chi connectivity index (χ2n) is 4.81. The van der Waals surface area contributed by atoms with Gasteiger partial charge in [0.1, 0.15) is 5.82 Å². The minimum Gasteiger partial charge on any atom is -0.371 e. The molecule has 3 N–H and O–H groups in total. The summed E-state index contributed by atoms with van der Waals surface area (Å²) < 4.78 is 21.2. The maximum absolute atomic E-state index is 14.2. The van der Waals surface area contributed by atoms with Crippen molar-refractivity contribution in [3.8, 4) is 5.69 Å². The summed E-state index contributed by atoms with van der Waals surface area (Å²) in [5.41, 5.74) is 6.47. The van der Waals surface area contributed by atoms with Crippen molar-refractivity contribution in [2.24, 2.45) is 5.73 Å². The SMILES string of the molecule is Cl.NC(=O)c1cnn(-c2ccc(C3CNCCO3)c(F)c2)c1. The lowest BCUT2D eigenvalue weighted by atomic mass is 10.1.